The summed E-state index contributed by atoms with van der Waals surface area (Å²) < 4.78 is 0. The summed E-state index contributed by atoms with van der Waals surface area (Å²) in [6.07, 6.45) is 0.938. The second-order valence-corrected chi connectivity index (χ2v) is 5.74. The van der Waals surface area contributed by atoms with Crippen molar-refractivity contribution < 1.29 is 0 Å². The first-order valence-electron chi connectivity index (χ1n) is 7.64. The zero-order valence-corrected chi connectivity index (χ0v) is 12.6. The van der Waals surface area contributed by atoms with Crippen LogP contribution in [0.15, 0.2) is 77.8 Å². The largest absolute Gasteiger partial charge is 0.247 e. The van der Waals surface area contributed by atoms with E-state index in [1.807, 2.05) is 6.07 Å². The highest BCUT2D eigenvalue weighted by atomic mass is 14.8. The number of hydrogen-bond donors (Lipinski definition) is 0. The van der Waals surface area contributed by atoms with Crippen LogP contribution in [0.3, 0.4) is 0 Å². The first-order chi connectivity index (χ1) is 10.8. The van der Waals surface area contributed by atoms with Crippen LogP contribution in [-0.4, -0.2) is 5.71 Å². The predicted octanol–water partition coefficient (Wildman–Crippen LogP) is 5.07. The second kappa shape index (κ2) is 5.27. The Morgan fingerprint density at radius 2 is 1.45 bits per heavy atom. The Labute approximate surface area is 131 Å². The van der Waals surface area contributed by atoms with E-state index in [1.165, 1.54) is 27.8 Å². The van der Waals surface area contributed by atoms with Gasteiger partial charge in [-0.2, -0.15) is 0 Å². The maximum absolute atomic E-state index is 5.03. The highest BCUT2D eigenvalue weighted by Crippen LogP contribution is 2.31. The summed E-state index contributed by atoms with van der Waals surface area (Å²) in [6.45, 7) is 2.17. The van der Waals surface area contributed by atoms with Gasteiger partial charge in [0.05, 0.1) is 11.4 Å². The summed E-state index contributed by atoms with van der Waals surface area (Å²) in [5, 5.41) is 0. The van der Waals surface area contributed by atoms with E-state index in [2.05, 4.69) is 73.7 Å². The molecule has 0 unspecified atom stereocenters. The standard InChI is InChI=1S/C21H17N/c1-15-8-7-12-18-14-17-11-5-6-13-19(17)22-21(20(15)18)16-9-3-2-4-10-16/h2-13H,14H2,1H3. The minimum atomic E-state index is 0.938. The minimum Gasteiger partial charge on any atom is -0.247 e. The quantitative estimate of drug-likeness (QED) is 0.462. The van der Waals surface area contributed by atoms with Crippen LogP contribution in [0.2, 0.25) is 0 Å². The van der Waals surface area contributed by atoms with Gasteiger partial charge in [0.25, 0.3) is 0 Å². The molecule has 1 heterocycles. The van der Waals surface area contributed by atoms with Crippen LogP contribution in [0.25, 0.3) is 0 Å². The van der Waals surface area contributed by atoms with Gasteiger partial charge in [-0.15, -0.1) is 0 Å². The fourth-order valence-corrected chi connectivity index (χ4v) is 3.17. The Hall–Kier alpha value is -2.67. The van der Waals surface area contributed by atoms with E-state index in [0.29, 0.717) is 0 Å². The monoisotopic (exact) mass is 283 g/mol. The van der Waals surface area contributed by atoms with Crippen molar-refractivity contribution in [3.05, 3.63) is 101 Å². The summed E-state index contributed by atoms with van der Waals surface area (Å²) in [4.78, 5) is 5.03. The second-order valence-electron chi connectivity index (χ2n) is 5.74. The van der Waals surface area contributed by atoms with E-state index >= 15 is 0 Å². The van der Waals surface area contributed by atoms with Crippen molar-refractivity contribution in [1.82, 2.24) is 0 Å². The third-order valence-corrected chi connectivity index (χ3v) is 4.25. The van der Waals surface area contributed by atoms with Crippen LogP contribution in [0.4, 0.5) is 5.69 Å². The molecule has 0 aromatic heterocycles. The fourth-order valence-electron chi connectivity index (χ4n) is 3.17. The van der Waals surface area contributed by atoms with Crippen LogP contribution < -0.4 is 0 Å². The van der Waals surface area contributed by atoms with Gasteiger partial charge in [-0.25, -0.2) is 4.99 Å². The lowest BCUT2D eigenvalue weighted by molar-refractivity contribution is 1.18. The molecule has 3 aromatic rings. The summed E-state index contributed by atoms with van der Waals surface area (Å²) in [5.74, 6) is 0. The molecule has 0 amide bonds. The molecule has 1 heteroatoms. The molecule has 3 aromatic carbocycles. The molecule has 0 spiro atoms. The van der Waals surface area contributed by atoms with Gasteiger partial charge in [-0.05, 0) is 29.7 Å². The van der Waals surface area contributed by atoms with Gasteiger partial charge in [0, 0.05) is 17.5 Å². The van der Waals surface area contributed by atoms with Crippen molar-refractivity contribution in [2.75, 3.05) is 0 Å². The third-order valence-electron chi connectivity index (χ3n) is 4.25. The molecule has 0 bridgehead atoms. The summed E-state index contributed by atoms with van der Waals surface area (Å²) in [5.41, 5.74) is 8.55. The fraction of sp³-hybridized carbons (Fsp3) is 0.0952. The molecular formula is C21H17N. The van der Waals surface area contributed by atoms with Crippen molar-refractivity contribution in [3.8, 4) is 0 Å². The molecule has 106 valence electrons. The van der Waals surface area contributed by atoms with E-state index in [-0.39, 0.29) is 0 Å². The topological polar surface area (TPSA) is 12.4 Å². The summed E-state index contributed by atoms with van der Waals surface area (Å²) >= 11 is 0. The lowest BCUT2D eigenvalue weighted by Gasteiger charge is -2.12. The molecule has 0 aliphatic carbocycles. The predicted molar refractivity (Wildman–Crippen MR) is 92.2 cm³/mol. The van der Waals surface area contributed by atoms with Crippen molar-refractivity contribution in [2.45, 2.75) is 13.3 Å². The Balaban J connectivity index is 2.04. The average molecular weight is 283 g/mol. The number of para-hydroxylation sites is 1. The molecule has 0 fully saturated rings. The molecule has 0 radical (unpaired) electrons. The highest BCUT2D eigenvalue weighted by molar-refractivity contribution is 6.16. The SMILES string of the molecule is Cc1cccc2c1C(c1ccccc1)=Nc1ccccc1C2. The van der Waals surface area contributed by atoms with Crippen molar-refractivity contribution >= 4 is 11.4 Å². The number of benzene rings is 3. The molecule has 0 N–H and O–H groups in total. The molecule has 1 nitrogen and oxygen atoms in total. The smallest absolute Gasteiger partial charge is 0.0787 e. The van der Waals surface area contributed by atoms with Gasteiger partial charge in [0.2, 0.25) is 0 Å². The van der Waals surface area contributed by atoms with Gasteiger partial charge in [0.1, 0.15) is 0 Å². The normalized spacial score (nSPS) is 12.9. The first-order valence-corrected chi connectivity index (χ1v) is 7.64. The minimum absolute atomic E-state index is 0.938. The number of aliphatic imine (C=N–C) groups is 1. The third kappa shape index (κ3) is 2.15. The van der Waals surface area contributed by atoms with Gasteiger partial charge in [-0.3, -0.25) is 0 Å². The Morgan fingerprint density at radius 3 is 2.32 bits per heavy atom. The van der Waals surface area contributed by atoms with Crippen molar-refractivity contribution in [2.24, 2.45) is 4.99 Å². The van der Waals surface area contributed by atoms with Gasteiger partial charge >= 0.3 is 0 Å². The number of rotatable bonds is 1. The Bertz CT molecular complexity index is 860. The van der Waals surface area contributed by atoms with Gasteiger partial charge in [-0.1, -0.05) is 66.7 Å². The number of aryl methyl sites for hydroxylation is 1. The van der Waals surface area contributed by atoms with Crippen LogP contribution >= 0.6 is 0 Å². The van der Waals surface area contributed by atoms with Crippen LogP contribution in [-0.2, 0) is 6.42 Å². The first kappa shape index (κ1) is 13.0. The molecule has 0 saturated carbocycles. The molecule has 0 saturated heterocycles. The highest BCUT2D eigenvalue weighted by Gasteiger charge is 2.19. The lowest BCUT2D eigenvalue weighted by atomic mass is 9.91. The van der Waals surface area contributed by atoms with Crippen LogP contribution in [0, 0.1) is 6.92 Å². The van der Waals surface area contributed by atoms with Gasteiger partial charge < -0.3 is 0 Å². The van der Waals surface area contributed by atoms with E-state index in [0.717, 1.165) is 17.8 Å². The maximum atomic E-state index is 5.03. The molecular weight excluding hydrogens is 266 g/mol. The van der Waals surface area contributed by atoms with Crippen molar-refractivity contribution in [3.63, 3.8) is 0 Å². The van der Waals surface area contributed by atoms with Gasteiger partial charge in [0.15, 0.2) is 0 Å². The van der Waals surface area contributed by atoms with Crippen LogP contribution in [0.1, 0.15) is 27.8 Å². The Morgan fingerprint density at radius 1 is 0.727 bits per heavy atom. The van der Waals surface area contributed by atoms with E-state index < -0.39 is 0 Å². The summed E-state index contributed by atoms with van der Waals surface area (Å²) in [6, 6.07) is 25.5. The molecule has 1 aliphatic heterocycles. The zero-order valence-electron chi connectivity index (χ0n) is 12.6. The Kier molecular flexibility index (Phi) is 3.12. The summed E-state index contributed by atoms with van der Waals surface area (Å²) in [7, 11) is 0. The van der Waals surface area contributed by atoms with E-state index in [4.69, 9.17) is 4.99 Å². The van der Waals surface area contributed by atoms with E-state index in [9.17, 15) is 0 Å². The van der Waals surface area contributed by atoms with E-state index in [1.54, 1.807) is 0 Å². The van der Waals surface area contributed by atoms with Crippen molar-refractivity contribution in [1.29, 1.82) is 0 Å². The molecule has 22 heavy (non-hydrogen) atoms. The molecule has 4 rings (SSSR count). The lowest BCUT2D eigenvalue weighted by Crippen LogP contribution is -2.07. The zero-order chi connectivity index (χ0) is 14.9. The molecule has 0 atom stereocenters. The maximum Gasteiger partial charge on any atom is 0.0787 e. The van der Waals surface area contributed by atoms with Crippen LogP contribution in [0.5, 0.6) is 0 Å². The number of hydrogen-bond acceptors (Lipinski definition) is 1. The molecule has 1 aliphatic rings. The average Bonchev–Trinajstić information content (AvgIpc) is 2.73. The number of nitrogens with zero attached hydrogens (tertiary/aromatic N) is 1. The number of fused-ring (bicyclic) bond motifs is 2.